The van der Waals surface area contributed by atoms with Gasteiger partial charge in [-0.25, -0.2) is 4.98 Å². The fourth-order valence-electron chi connectivity index (χ4n) is 2.81. The van der Waals surface area contributed by atoms with Crippen LogP contribution in [0.5, 0.6) is 0 Å². The highest BCUT2D eigenvalue weighted by atomic mass is 16.5. The summed E-state index contributed by atoms with van der Waals surface area (Å²) in [7, 11) is 0. The number of ether oxygens (including phenoxy) is 1. The van der Waals surface area contributed by atoms with Gasteiger partial charge in [-0.3, -0.25) is 14.9 Å². The lowest BCUT2D eigenvalue weighted by Crippen LogP contribution is -2.42. The quantitative estimate of drug-likeness (QED) is 0.903. The Morgan fingerprint density at radius 2 is 2.22 bits per heavy atom. The highest BCUT2D eigenvalue weighted by Gasteiger charge is 2.20. The summed E-state index contributed by atoms with van der Waals surface area (Å²) in [6.07, 6.45) is 7.63. The summed E-state index contributed by atoms with van der Waals surface area (Å²) in [5, 5.41) is 0. The molecule has 6 nitrogen and oxygen atoms in total. The van der Waals surface area contributed by atoms with Gasteiger partial charge in [0, 0.05) is 38.2 Å². The van der Waals surface area contributed by atoms with Crippen molar-refractivity contribution in [3.63, 3.8) is 0 Å². The van der Waals surface area contributed by atoms with Gasteiger partial charge in [-0.15, -0.1) is 0 Å². The van der Waals surface area contributed by atoms with Crippen LogP contribution in [0.1, 0.15) is 23.4 Å². The Balaban J connectivity index is 1.50. The highest BCUT2D eigenvalue weighted by molar-refractivity contribution is 5.31. The highest BCUT2D eigenvalue weighted by Crippen LogP contribution is 2.15. The molecular weight excluding hydrogens is 290 g/mol. The van der Waals surface area contributed by atoms with Gasteiger partial charge in [0.15, 0.2) is 0 Å². The van der Waals surface area contributed by atoms with Crippen LogP contribution in [0.3, 0.4) is 0 Å². The van der Waals surface area contributed by atoms with Crippen molar-refractivity contribution in [3.8, 4) is 0 Å². The van der Waals surface area contributed by atoms with Gasteiger partial charge < -0.3 is 10.5 Å². The van der Waals surface area contributed by atoms with Crippen LogP contribution in [0, 0.1) is 6.92 Å². The van der Waals surface area contributed by atoms with Crippen molar-refractivity contribution in [2.75, 3.05) is 25.4 Å². The minimum Gasteiger partial charge on any atom is -0.384 e. The molecule has 122 valence electrons. The van der Waals surface area contributed by atoms with Crippen LogP contribution in [0.15, 0.2) is 30.7 Å². The number of anilines is 1. The van der Waals surface area contributed by atoms with Crippen LogP contribution in [0.4, 0.5) is 5.82 Å². The number of hydrogen-bond acceptors (Lipinski definition) is 6. The van der Waals surface area contributed by atoms with Gasteiger partial charge >= 0.3 is 0 Å². The Morgan fingerprint density at radius 1 is 1.30 bits per heavy atom. The van der Waals surface area contributed by atoms with E-state index in [1.165, 1.54) is 5.56 Å². The third kappa shape index (κ3) is 4.71. The van der Waals surface area contributed by atoms with E-state index in [0.29, 0.717) is 5.82 Å². The summed E-state index contributed by atoms with van der Waals surface area (Å²) >= 11 is 0. The summed E-state index contributed by atoms with van der Waals surface area (Å²) in [5.41, 5.74) is 8.89. The van der Waals surface area contributed by atoms with Crippen LogP contribution >= 0.6 is 0 Å². The van der Waals surface area contributed by atoms with Crippen LogP contribution < -0.4 is 5.73 Å². The summed E-state index contributed by atoms with van der Waals surface area (Å²) in [6.45, 7) is 5.41. The second-order valence-corrected chi connectivity index (χ2v) is 6.00. The van der Waals surface area contributed by atoms with E-state index in [4.69, 9.17) is 10.5 Å². The molecule has 2 aromatic heterocycles. The lowest BCUT2D eigenvalue weighted by molar-refractivity contribution is -0.0349. The zero-order valence-electron chi connectivity index (χ0n) is 13.5. The molecule has 3 heterocycles. The first-order chi connectivity index (χ1) is 11.2. The molecule has 3 rings (SSSR count). The lowest BCUT2D eigenvalue weighted by Gasteiger charge is -2.32. The average molecular weight is 313 g/mol. The van der Waals surface area contributed by atoms with Gasteiger partial charge in [-0.05, 0) is 37.5 Å². The van der Waals surface area contributed by atoms with E-state index in [2.05, 4.69) is 19.9 Å². The zero-order chi connectivity index (χ0) is 16.1. The number of aryl methyl sites for hydroxylation is 2. The van der Waals surface area contributed by atoms with Crippen molar-refractivity contribution in [2.45, 2.75) is 32.4 Å². The molecule has 0 spiro atoms. The molecule has 1 atom stereocenters. The third-order valence-electron chi connectivity index (χ3n) is 4.04. The van der Waals surface area contributed by atoms with E-state index in [1.54, 1.807) is 6.20 Å². The molecule has 23 heavy (non-hydrogen) atoms. The second-order valence-electron chi connectivity index (χ2n) is 6.00. The van der Waals surface area contributed by atoms with Gasteiger partial charge in [0.25, 0.3) is 0 Å². The van der Waals surface area contributed by atoms with Crippen molar-refractivity contribution < 1.29 is 4.74 Å². The van der Waals surface area contributed by atoms with E-state index >= 15 is 0 Å². The minimum absolute atomic E-state index is 0.247. The molecular formula is C17H23N5O. The number of nitrogens with zero attached hydrogens (tertiary/aromatic N) is 4. The third-order valence-corrected chi connectivity index (χ3v) is 4.04. The van der Waals surface area contributed by atoms with E-state index in [-0.39, 0.29) is 6.10 Å². The Kier molecular flexibility index (Phi) is 5.15. The number of morpholine rings is 1. The van der Waals surface area contributed by atoms with Crippen LogP contribution in [-0.4, -0.2) is 45.7 Å². The topological polar surface area (TPSA) is 77.2 Å². The first-order valence-electron chi connectivity index (χ1n) is 8.01. The molecule has 0 aromatic carbocycles. The standard InChI is InChI=1S/C17H23N5O/c1-13-9-21-15(10-20-13)11-22-6-7-23-16(12-22)3-2-14-4-5-19-17(18)8-14/h4-5,8-10,16H,2-3,6-7,11-12H2,1H3,(H2,18,19)/t16-/m0/s1. The van der Waals surface area contributed by atoms with Gasteiger partial charge in [0.1, 0.15) is 5.82 Å². The van der Waals surface area contributed by atoms with Gasteiger partial charge in [-0.1, -0.05) is 0 Å². The second kappa shape index (κ2) is 7.48. The number of nitrogens with two attached hydrogens (primary N) is 1. The average Bonchev–Trinajstić information content (AvgIpc) is 2.56. The number of nitrogen functional groups attached to an aromatic ring is 1. The summed E-state index contributed by atoms with van der Waals surface area (Å²) < 4.78 is 5.89. The normalized spacial score (nSPS) is 18.9. The molecule has 0 unspecified atom stereocenters. The SMILES string of the molecule is Cc1cnc(CN2CCO[C@@H](CCc3ccnc(N)c3)C2)cn1. The fraction of sp³-hybridized carbons (Fsp3) is 0.471. The van der Waals surface area contributed by atoms with Crippen LogP contribution in [-0.2, 0) is 17.7 Å². The summed E-state index contributed by atoms with van der Waals surface area (Å²) in [5.74, 6) is 0.576. The van der Waals surface area contributed by atoms with Crippen molar-refractivity contribution >= 4 is 5.82 Å². The Bertz CT molecular complexity index is 631. The Hall–Kier alpha value is -2.05. The van der Waals surface area contributed by atoms with Crippen molar-refractivity contribution in [3.05, 3.63) is 47.7 Å². The molecule has 0 radical (unpaired) electrons. The van der Waals surface area contributed by atoms with Gasteiger partial charge in [0.05, 0.1) is 24.1 Å². The minimum atomic E-state index is 0.247. The fourth-order valence-corrected chi connectivity index (χ4v) is 2.81. The van der Waals surface area contributed by atoms with Crippen LogP contribution in [0.25, 0.3) is 0 Å². The van der Waals surface area contributed by atoms with Crippen molar-refractivity contribution in [1.29, 1.82) is 0 Å². The predicted molar refractivity (Wildman–Crippen MR) is 88.8 cm³/mol. The number of aromatic nitrogens is 3. The van der Waals surface area contributed by atoms with Crippen molar-refractivity contribution in [1.82, 2.24) is 19.9 Å². The summed E-state index contributed by atoms with van der Waals surface area (Å²) in [6, 6.07) is 3.95. The van der Waals surface area contributed by atoms with Crippen molar-refractivity contribution in [2.24, 2.45) is 0 Å². The Labute approximate surface area is 136 Å². The molecule has 0 saturated carbocycles. The molecule has 0 aliphatic carbocycles. The maximum Gasteiger partial charge on any atom is 0.123 e. The molecule has 2 aromatic rings. The molecule has 0 amide bonds. The summed E-state index contributed by atoms with van der Waals surface area (Å²) in [4.78, 5) is 15.2. The number of rotatable bonds is 5. The zero-order valence-corrected chi connectivity index (χ0v) is 13.5. The Morgan fingerprint density at radius 3 is 3.00 bits per heavy atom. The number of pyridine rings is 1. The molecule has 1 saturated heterocycles. The number of hydrogen-bond donors (Lipinski definition) is 1. The molecule has 1 fully saturated rings. The molecule has 1 aliphatic rings. The van der Waals surface area contributed by atoms with Gasteiger partial charge in [-0.2, -0.15) is 0 Å². The van der Waals surface area contributed by atoms with E-state index in [0.717, 1.165) is 50.5 Å². The molecule has 0 bridgehead atoms. The molecule has 1 aliphatic heterocycles. The van der Waals surface area contributed by atoms with E-state index in [1.807, 2.05) is 31.5 Å². The smallest absolute Gasteiger partial charge is 0.123 e. The maximum atomic E-state index is 5.89. The molecule has 2 N–H and O–H groups in total. The van der Waals surface area contributed by atoms with Crippen LogP contribution in [0.2, 0.25) is 0 Å². The largest absolute Gasteiger partial charge is 0.384 e. The first kappa shape index (κ1) is 15.8. The first-order valence-corrected chi connectivity index (χ1v) is 8.01. The lowest BCUT2D eigenvalue weighted by atomic mass is 10.1. The van der Waals surface area contributed by atoms with E-state index in [9.17, 15) is 0 Å². The maximum absolute atomic E-state index is 5.89. The predicted octanol–water partition coefficient (Wildman–Crippen LogP) is 1.60. The monoisotopic (exact) mass is 313 g/mol. The van der Waals surface area contributed by atoms with E-state index < -0.39 is 0 Å². The molecule has 6 heteroatoms. The van der Waals surface area contributed by atoms with Gasteiger partial charge in [0.2, 0.25) is 0 Å².